The minimum Gasteiger partial charge on any atom is -0.469 e. The first kappa shape index (κ1) is 11.6. The van der Waals surface area contributed by atoms with Gasteiger partial charge in [0.2, 0.25) is 0 Å². The maximum atomic E-state index is 11.1. The lowest BCUT2D eigenvalue weighted by Crippen LogP contribution is -2.16. The van der Waals surface area contributed by atoms with Gasteiger partial charge < -0.3 is 15.0 Å². The van der Waals surface area contributed by atoms with Gasteiger partial charge in [0.25, 0.3) is 0 Å². The van der Waals surface area contributed by atoms with Crippen LogP contribution in [0, 0.1) is 0 Å². The zero-order valence-electron chi connectivity index (χ0n) is 9.88. The van der Waals surface area contributed by atoms with Crippen molar-refractivity contribution in [2.45, 2.75) is 12.5 Å². The van der Waals surface area contributed by atoms with E-state index in [-0.39, 0.29) is 18.4 Å². The molecule has 0 saturated carbocycles. The molecule has 0 amide bonds. The Morgan fingerprint density at radius 1 is 1.59 bits per heavy atom. The van der Waals surface area contributed by atoms with E-state index in [1.807, 2.05) is 29.8 Å². The zero-order chi connectivity index (χ0) is 12.4. The average molecular weight is 233 g/mol. The van der Waals surface area contributed by atoms with Crippen LogP contribution in [0.15, 0.2) is 24.5 Å². The van der Waals surface area contributed by atoms with Crippen molar-refractivity contribution in [3.63, 3.8) is 0 Å². The summed E-state index contributed by atoms with van der Waals surface area (Å²) in [6.07, 6.45) is 1.93. The van der Waals surface area contributed by atoms with E-state index in [0.29, 0.717) is 0 Å². The van der Waals surface area contributed by atoms with Crippen molar-refractivity contribution in [3.05, 3.63) is 30.1 Å². The maximum absolute atomic E-state index is 11.1. The molecule has 0 saturated heterocycles. The number of methoxy groups -OCH3 is 1. The topological polar surface area (TPSA) is 70.1 Å². The van der Waals surface area contributed by atoms with E-state index in [9.17, 15) is 4.79 Å². The van der Waals surface area contributed by atoms with E-state index in [1.165, 1.54) is 7.11 Å². The molecule has 0 spiro atoms. The van der Waals surface area contributed by atoms with E-state index in [4.69, 9.17) is 5.73 Å². The first-order valence-electron chi connectivity index (χ1n) is 5.35. The SMILES string of the molecule is COC(=O)CC(N)c1ccc2c(c1)ncn2C. The Hall–Kier alpha value is -1.88. The quantitative estimate of drug-likeness (QED) is 0.807. The number of hydrogen-bond acceptors (Lipinski definition) is 4. The Balaban J connectivity index is 2.26. The molecule has 0 radical (unpaired) electrons. The molecule has 1 heterocycles. The standard InChI is InChI=1S/C12H15N3O2/c1-15-7-14-10-5-8(3-4-11(10)15)9(13)6-12(16)17-2/h3-5,7,9H,6,13H2,1-2H3. The molecule has 1 aromatic carbocycles. The minimum atomic E-state index is -0.353. The second-order valence-electron chi connectivity index (χ2n) is 3.99. The highest BCUT2D eigenvalue weighted by Crippen LogP contribution is 2.20. The largest absolute Gasteiger partial charge is 0.469 e. The van der Waals surface area contributed by atoms with Gasteiger partial charge in [0, 0.05) is 13.1 Å². The first-order chi connectivity index (χ1) is 8.11. The fraction of sp³-hybridized carbons (Fsp3) is 0.333. The predicted octanol–water partition coefficient (Wildman–Crippen LogP) is 1.14. The lowest BCUT2D eigenvalue weighted by molar-refractivity contribution is -0.141. The number of hydrogen-bond donors (Lipinski definition) is 1. The highest BCUT2D eigenvalue weighted by molar-refractivity contribution is 5.76. The van der Waals surface area contributed by atoms with Gasteiger partial charge in [0.15, 0.2) is 0 Å². The van der Waals surface area contributed by atoms with Crippen LogP contribution < -0.4 is 5.73 Å². The van der Waals surface area contributed by atoms with Gasteiger partial charge in [-0.1, -0.05) is 6.07 Å². The van der Waals surface area contributed by atoms with Gasteiger partial charge >= 0.3 is 5.97 Å². The third-order valence-electron chi connectivity index (χ3n) is 2.79. The number of nitrogens with zero attached hydrogens (tertiary/aromatic N) is 2. The molecule has 0 bridgehead atoms. The third kappa shape index (κ3) is 2.29. The summed E-state index contributed by atoms with van der Waals surface area (Å²) in [5.41, 5.74) is 8.74. The van der Waals surface area contributed by atoms with Crippen molar-refractivity contribution in [2.75, 3.05) is 7.11 Å². The van der Waals surface area contributed by atoms with E-state index < -0.39 is 0 Å². The number of esters is 1. The number of carbonyl (C=O) groups excluding carboxylic acids is 1. The lowest BCUT2D eigenvalue weighted by Gasteiger charge is -2.10. The molecule has 0 fully saturated rings. The molecular weight excluding hydrogens is 218 g/mol. The Bertz CT molecular complexity index is 548. The molecule has 5 nitrogen and oxygen atoms in total. The molecule has 2 rings (SSSR count). The second kappa shape index (κ2) is 4.55. The smallest absolute Gasteiger partial charge is 0.307 e. The molecule has 0 aliphatic rings. The monoisotopic (exact) mass is 233 g/mol. The summed E-state index contributed by atoms with van der Waals surface area (Å²) in [4.78, 5) is 15.4. The van der Waals surface area contributed by atoms with E-state index >= 15 is 0 Å². The molecule has 17 heavy (non-hydrogen) atoms. The number of aryl methyl sites for hydroxylation is 1. The van der Waals surface area contributed by atoms with Crippen LogP contribution in [0.5, 0.6) is 0 Å². The Labute approximate surface area is 99.2 Å². The number of nitrogens with two attached hydrogens (primary N) is 1. The fourth-order valence-corrected chi connectivity index (χ4v) is 1.76. The van der Waals surface area contributed by atoms with Gasteiger partial charge in [-0.3, -0.25) is 4.79 Å². The summed E-state index contributed by atoms with van der Waals surface area (Å²) in [5.74, 6) is -0.307. The normalized spacial score (nSPS) is 12.6. The number of benzene rings is 1. The zero-order valence-corrected chi connectivity index (χ0v) is 9.88. The molecule has 1 atom stereocenters. The lowest BCUT2D eigenvalue weighted by atomic mass is 10.0. The van der Waals surface area contributed by atoms with Gasteiger partial charge in [-0.25, -0.2) is 4.98 Å². The molecule has 90 valence electrons. The van der Waals surface area contributed by atoms with Gasteiger partial charge in [0.1, 0.15) is 0 Å². The summed E-state index contributed by atoms with van der Waals surface area (Å²) in [6.45, 7) is 0. The van der Waals surface area contributed by atoms with E-state index in [0.717, 1.165) is 16.6 Å². The molecule has 2 N–H and O–H groups in total. The molecule has 1 aromatic heterocycles. The van der Waals surface area contributed by atoms with Crippen LogP contribution in [0.1, 0.15) is 18.0 Å². The van der Waals surface area contributed by atoms with Crippen molar-refractivity contribution >= 4 is 17.0 Å². The number of carbonyl (C=O) groups is 1. The highest BCUT2D eigenvalue weighted by Gasteiger charge is 2.13. The Kier molecular flexibility index (Phi) is 3.10. The van der Waals surface area contributed by atoms with Gasteiger partial charge in [-0.15, -0.1) is 0 Å². The molecule has 1 unspecified atom stereocenters. The van der Waals surface area contributed by atoms with Crippen molar-refractivity contribution < 1.29 is 9.53 Å². The molecule has 5 heteroatoms. The molecule has 0 aliphatic heterocycles. The number of fused-ring (bicyclic) bond motifs is 1. The van der Waals surface area contributed by atoms with Crippen LogP contribution in [0.4, 0.5) is 0 Å². The molecular formula is C12H15N3O2. The third-order valence-corrected chi connectivity index (χ3v) is 2.79. The van der Waals surface area contributed by atoms with Crippen LogP contribution in [-0.4, -0.2) is 22.6 Å². The van der Waals surface area contributed by atoms with Gasteiger partial charge in [-0.05, 0) is 17.7 Å². The van der Waals surface area contributed by atoms with Crippen LogP contribution in [0.25, 0.3) is 11.0 Å². The van der Waals surface area contributed by atoms with Gasteiger partial charge in [-0.2, -0.15) is 0 Å². The summed E-state index contributed by atoms with van der Waals surface area (Å²) >= 11 is 0. The van der Waals surface area contributed by atoms with Crippen molar-refractivity contribution in [3.8, 4) is 0 Å². The van der Waals surface area contributed by atoms with Crippen LogP contribution >= 0.6 is 0 Å². The maximum Gasteiger partial charge on any atom is 0.307 e. The van der Waals surface area contributed by atoms with Gasteiger partial charge in [0.05, 0.1) is 30.9 Å². The number of aromatic nitrogens is 2. The first-order valence-corrected chi connectivity index (χ1v) is 5.35. The fourth-order valence-electron chi connectivity index (χ4n) is 1.76. The number of rotatable bonds is 3. The van der Waals surface area contributed by atoms with Crippen molar-refractivity contribution in [1.82, 2.24) is 9.55 Å². The van der Waals surface area contributed by atoms with E-state index in [1.54, 1.807) is 6.33 Å². The average Bonchev–Trinajstić information content (AvgIpc) is 2.70. The van der Waals surface area contributed by atoms with Crippen LogP contribution in [0.3, 0.4) is 0 Å². The number of ether oxygens (including phenoxy) is 1. The van der Waals surface area contributed by atoms with Crippen LogP contribution in [-0.2, 0) is 16.6 Å². The molecule has 2 aromatic rings. The minimum absolute atomic E-state index is 0.175. The summed E-state index contributed by atoms with van der Waals surface area (Å²) < 4.78 is 6.53. The molecule has 0 aliphatic carbocycles. The number of imidazole rings is 1. The summed E-state index contributed by atoms with van der Waals surface area (Å²) in [6, 6.07) is 5.42. The van der Waals surface area contributed by atoms with E-state index in [2.05, 4.69) is 9.72 Å². The second-order valence-corrected chi connectivity index (χ2v) is 3.99. The predicted molar refractivity (Wildman–Crippen MR) is 64.3 cm³/mol. The Morgan fingerprint density at radius 3 is 3.06 bits per heavy atom. The Morgan fingerprint density at radius 2 is 2.35 bits per heavy atom. The summed E-state index contributed by atoms with van der Waals surface area (Å²) in [7, 11) is 3.29. The highest BCUT2D eigenvalue weighted by atomic mass is 16.5. The van der Waals surface area contributed by atoms with Crippen molar-refractivity contribution in [2.24, 2.45) is 12.8 Å². The van der Waals surface area contributed by atoms with Crippen molar-refractivity contribution in [1.29, 1.82) is 0 Å². The summed E-state index contributed by atoms with van der Waals surface area (Å²) in [5, 5.41) is 0. The van der Waals surface area contributed by atoms with Crippen LogP contribution in [0.2, 0.25) is 0 Å².